The Kier molecular flexibility index (Phi) is 5.92. The van der Waals surface area contributed by atoms with Crippen LogP contribution in [0.15, 0.2) is 5.11 Å². The third-order valence-electron chi connectivity index (χ3n) is 1.28. The minimum Gasteiger partial charge on any atom is -0.396 e. The van der Waals surface area contributed by atoms with Gasteiger partial charge in [0.05, 0.1) is 0 Å². The van der Waals surface area contributed by atoms with E-state index < -0.39 is 0 Å². The lowest BCUT2D eigenvalue weighted by molar-refractivity contribution is 0.281. The highest BCUT2D eigenvalue weighted by atomic mass is 16.2. The van der Waals surface area contributed by atoms with Gasteiger partial charge in [-0.15, -0.1) is 0 Å². The maximum atomic E-state index is 8.41. The van der Waals surface area contributed by atoms with Crippen LogP contribution in [-0.2, 0) is 0 Å². The Hall–Kier alpha value is -0.730. The lowest BCUT2D eigenvalue weighted by atomic mass is 10.1. The molecule has 0 aliphatic rings. The molecule has 1 unspecified atom stereocenters. The maximum absolute atomic E-state index is 8.41. The lowest BCUT2D eigenvalue weighted by Gasteiger charge is -2.00. The molecule has 0 aromatic carbocycles. The molecule has 0 rings (SSSR count). The number of nitrogens with zero attached hydrogens (tertiary/aromatic N) is 3. The van der Waals surface area contributed by atoms with Crippen LogP contribution >= 0.6 is 0 Å². The molecule has 4 nitrogen and oxygen atoms in total. The molecule has 58 valence electrons. The Morgan fingerprint density at radius 3 is 2.80 bits per heavy atom. The predicted molar refractivity (Wildman–Crippen MR) is 39.5 cm³/mol. The fraction of sp³-hybridized carbons (Fsp3) is 1.00. The normalized spacial score (nSPS) is 12.2. The number of azide groups is 1. The largest absolute Gasteiger partial charge is 0.396 e. The molecule has 1 atom stereocenters. The summed E-state index contributed by atoms with van der Waals surface area (Å²) in [4.78, 5) is 2.68. The maximum Gasteiger partial charge on any atom is 0.0431 e. The topological polar surface area (TPSA) is 69.0 Å². The zero-order valence-electron chi connectivity index (χ0n) is 6.19. The molecule has 0 saturated heterocycles. The van der Waals surface area contributed by atoms with Gasteiger partial charge in [0.1, 0.15) is 0 Å². The van der Waals surface area contributed by atoms with Gasteiger partial charge in [0.2, 0.25) is 0 Å². The second-order valence-electron chi connectivity index (χ2n) is 2.27. The van der Waals surface area contributed by atoms with Crippen LogP contribution in [0.2, 0.25) is 0 Å². The molecule has 0 saturated carbocycles. The molecule has 0 fully saturated rings. The van der Waals surface area contributed by atoms with Gasteiger partial charge in [-0.3, -0.25) is 0 Å². The smallest absolute Gasteiger partial charge is 0.0431 e. The third kappa shape index (κ3) is 5.41. The molecule has 0 spiro atoms. The summed E-state index contributed by atoms with van der Waals surface area (Å²) in [5.41, 5.74) is 8.00. The van der Waals surface area contributed by atoms with E-state index in [-0.39, 0.29) is 12.6 Å². The van der Waals surface area contributed by atoms with Crippen molar-refractivity contribution in [1.82, 2.24) is 0 Å². The van der Waals surface area contributed by atoms with E-state index >= 15 is 0 Å². The predicted octanol–water partition coefficient (Wildman–Crippen LogP) is 1.85. The van der Waals surface area contributed by atoms with Crippen molar-refractivity contribution in [1.29, 1.82) is 0 Å². The van der Waals surface area contributed by atoms with Crippen LogP contribution in [0.4, 0.5) is 0 Å². The number of rotatable bonds is 5. The molecule has 10 heavy (non-hydrogen) atoms. The Morgan fingerprint density at radius 1 is 1.60 bits per heavy atom. The number of aliphatic hydroxyl groups excluding tert-OH is 1. The van der Waals surface area contributed by atoms with E-state index in [0.717, 1.165) is 19.3 Å². The lowest BCUT2D eigenvalue weighted by Crippen LogP contribution is -1.96. The van der Waals surface area contributed by atoms with E-state index in [1.807, 2.05) is 6.92 Å². The van der Waals surface area contributed by atoms with Gasteiger partial charge in [0, 0.05) is 17.6 Å². The van der Waals surface area contributed by atoms with Gasteiger partial charge in [-0.05, 0) is 18.4 Å². The number of unbranched alkanes of at least 4 members (excludes halogenated alkanes) is 1. The molecule has 0 amide bonds. The first kappa shape index (κ1) is 9.27. The van der Waals surface area contributed by atoms with Crippen molar-refractivity contribution in [2.24, 2.45) is 5.11 Å². The second-order valence-corrected chi connectivity index (χ2v) is 2.27. The summed E-state index contributed by atoms with van der Waals surface area (Å²) >= 11 is 0. The highest BCUT2D eigenvalue weighted by Gasteiger charge is 1.95. The van der Waals surface area contributed by atoms with Crippen molar-refractivity contribution in [3.05, 3.63) is 10.4 Å². The number of hydrogen-bond acceptors (Lipinski definition) is 2. The minimum absolute atomic E-state index is 0.0662. The van der Waals surface area contributed by atoms with Crippen molar-refractivity contribution in [2.75, 3.05) is 6.61 Å². The molecule has 0 aliphatic carbocycles. The van der Waals surface area contributed by atoms with Gasteiger partial charge in [0.25, 0.3) is 0 Å². The van der Waals surface area contributed by atoms with Crippen LogP contribution in [-0.4, -0.2) is 17.8 Å². The van der Waals surface area contributed by atoms with E-state index in [1.165, 1.54) is 0 Å². The summed E-state index contributed by atoms with van der Waals surface area (Å²) in [5, 5.41) is 11.9. The molecule has 1 N–H and O–H groups in total. The number of aliphatic hydroxyl groups is 1. The standard InChI is InChI=1S/C6H13N3O/c1-6(8-9-7)4-2-3-5-10/h6,10H,2-5H2,1H3. The summed E-state index contributed by atoms with van der Waals surface area (Å²) in [7, 11) is 0. The van der Waals surface area contributed by atoms with E-state index in [9.17, 15) is 0 Å². The van der Waals surface area contributed by atoms with Crippen LogP contribution in [0.25, 0.3) is 10.4 Å². The zero-order valence-corrected chi connectivity index (χ0v) is 6.19. The van der Waals surface area contributed by atoms with E-state index in [4.69, 9.17) is 10.6 Å². The van der Waals surface area contributed by atoms with Gasteiger partial charge in [-0.1, -0.05) is 18.5 Å². The van der Waals surface area contributed by atoms with Crippen LogP contribution in [0.3, 0.4) is 0 Å². The zero-order chi connectivity index (χ0) is 7.82. The first-order valence-corrected chi connectivity index (χ1v) is 3.46. The molecule has 0 bridgehead atoms. The highest BCUT2D eigenvalue weighted by molar-refractivity contribution is 4.59. The average molecular weight is 143 g/mol. The van der Waals surface area contributed by atoms with Gasteiger partial charge in [-0.2, -0.15) is 0 Å². The van der Waals surface area contributed by atoms with Gasteiger partial charge in [-0.25, -0.2) is 0 Å². The Labute approximate surface area is 60.5 Å². The molecule has 4 heteroatoms. The van der Waals surface area contributed by atoms with E-state index in [0.29, 0.717) is 0 Å². The fourth-order valence-electron chi connectivity index (χ4n) is 0.697. The molecular weight excluding hydrogens is 130 g/mol. The third-order valence-corrected chi connectivity index (χ3v) is 1.28. The van der Waals surface area contributed by atoms with Crippen LogP contribution in [0.1, 0.15) is 26.2 Å². The molecule has 0 aliphatic heterocycles. The Morgan fingerprint density at radius 2 is 2.30 bits per heavy atom. The van der Waals surface area contributed by atoms with Gasteiger partial charge >= 0.3 is 0 Å². The summed E-state index contributed by atoms with van der Waals surface area (Å²) in [6, 6.07) is 0.0662. The van der Waals surface area contributed by atoms with E-state index in [1.54, 1.807) is 0 Å². The molecule has 0 aromatic heterocycles. The Balaban J connectivity index is 3.21. The second kappa shape index (κ2) is 6.39. The van der Waals surface area contributed by atoms with E-state index in [2.05, 4.69) is 10.0 Å². The van der Waals surface area contributed by atoms with Gasteiger partial charge < -0.3 is 5.11 Å². The monoisotopic (exact) mass is 143 g/mol. The summed E-state index contributed by atoms with van der Waals surface area (Å²) in [5.74, 6) is 0. The first-order chi connectivity index (χ1) is 4.81. The summed E-state index contributed by atoms with van der Waals surface area (Å²) in [6.07, 6.45) is 2.59. The van der Waals surface area contributed by atoms with Crippen LogP contribution < -0.4 is 0 Å². The fourth-order valence-corrected chi connectivity index (χ4v) is 0.697. The molecule has 0 aromatic rings. The SMILES string of the molecule is CC(CCCCO)N=[N+]=[N-]. The van der Waals surface area contributed by atoms with Crippen molar-refractivity contribution in [2.45, 2.75) is 32.2 Å². The Bertz CT molecular complexity index is 120. The molecule has 0 heterocycles. The van der Waals surface area contributed by atoms with Crippen molar-refractivity contribution < 1.29 is 5.11 Å². The highest BCUT2D eigenvalue weighted by Crippen LogP contribution is 2.02. The first-order valence-electron chi connectivity index (χ1n) is 3.46. The molecular formula is C6H13N3O. The summed E-state index contributed by atoms with van der Waals surface area (Å²) < 4.78 is 0. The average Bonchev–Trinajstić information content (AvgIpc) is 1.89. The minimum atomic E-state index is 0.0662. The number of hydrogen-bond donors (Lipinski definition) is 1. The molecule has 0 radical (unpaired) electrons. The van der Waals surface area contributed by atoms with Crippen molar-refractivity contribution in [3.63, 3.8) is 0 Å². The van der Waals surface area contributed by atoms with Crippen molar-refractivity contribution in [3.8, 4) is 0 Å². The van der Waals surface area contributed by atoms with Crippen molar-refractivity contribution >= 4 is 0 Å². The van der Waals surface area contributed by atoms with Crippen LogP contribution in [0.5, 0.6) is 0 Å². The van der Waals surface area contributed by atoms with Crippen LogP contribution in [0, 0.1) is 0 Å². The van der Waals surface area contributed by atoms with Gasteiger partial charge in [0.15, 0.2) is 0 Å². The quantitative estimate of drug-likeness (QED) is 0.271. The summed E-state index contributed by atoms with van der Waals surface area (Å²) in [6.45, 7) is 2.10.